The molecule has 3 atom stereocenters. The molecule has 0 bridgehead atoms. The molecule has 35 heavy (non-hydrogen) atoms. The van der Waals surface area contributed by atoms with Crippen molar-refractivity contribution < 1.29 is 13.9 Å². The third-order valence-electron chi connectivity index (χ3n) is 7.00. The summed E-state index contributed by atoms with van der Waals surface area (Å²) in [6, 6.07) is 20.6. The third-order valence-corrected chi connectivity index (χ3v) is 11.5. The molecular weight excluding hydrogens is 450 g/mol. The van der Waals surface area contributed by atoms with Crippen LogP contribution in [0.5, 0.6) is 0 Å². The van der Waals surface area contributed by atoms with Gasteiger partial charge in [0.25, 0.3) is 0 Å². The summed E-state index contributed by atoms with van der Waals surface area (Å²) in [4.78, 5) is 0. The molecule has 0 radical (unpaired) electrons. The average Bonchev–Trinajstić information content (AvgIpc) is 2.81. The van der Waals surface area contributed by atoms with Crippen molar-refractivity contribution in [1.82, 2.24) is 5.32 Å². The van der Waals surface area contributed by atoms with Crippen LogP contribution in [-0.2, 0) is 13.9 Å². The number of rotatable bonds is 8. The number of ether oxygens (including phenoxy) is 2. The van der Waals surface area contributed by atoms with Crippen LogP contribution in [0.2, 0.25) is 18.1 Å². The summed E-state index contributed by atoms with van der Waals surface area (Å²) in [5.74, 6) is 6.22. The third kappa shape index (κ3) is 8.30. The van der Waals surface area contributed by atoms with Gasteiger partial charge in [0, 0.05) is 12.2 Å². The van der Waals surface area contributed by atoms with Crippen molar-refractivity contribution in [2.24, 2.45) is 0 Å². The first kappa shape index (κ1) is 27.6. The second-order valence-corrected chi connectivity index (χ2v) is 16.2. The van der Waals surface area contributed by atoms with Crippen molar-refractivity contribution in [1.29, 1.82) is 0 Å². The lowest BCUT2D eigenvalue weighted by molar-refractivity contribution is -0.285. The zero-order valence-electron chi connectivity index (χ0n) is 22.6. The van der Waals surface area contributed by atoms with Crippen molar-refractivity contribution in [2.45, 2.75) is 89.6 Å². The van der Waals surface area contributed by atoms with Crippen LogP contribution in [0, 0.1) is 11.8 Å². The van der Waals surface area contributed by atoms with Crippen molar-refractivity contribution >= 4 is 8.32 Å². The maximum absolute atomic E-state index is 6.43. The van der Waals surface area contributed by atoms with E-state index in [9.17, 15) is 0 Å². The van der Waals surface area contributed by atoms with Crippen LogP contribution >= 0.6 is 0 Å². The molecule has 0 aliphatic carbocycles. The summed E-state index contributed by atoms with van der Waals surface area (Å²) in [7, 11) is -1.76. The Bertz CT molecular complexity index is 973. The highest BCUT2D eigenvalue weighted by atomic mass is 28.4. The normalized spacial score (nSPS) is 21.1. The predicted octanol–water partition coefficient (Wildman–Crippen LogP) is 6.69. The molecule has 1 N–H and O–H groups in total. The number of hydrogen-bond acceptors (Lipinski definition) is 4. The fourth-order valence-electron chi connectivity index (χ4n) is 3.86. The molecule has 1 saturated heterocycles. The molecule has 0 saturated carbocycles. The molecule has 0 amide bonds. The minimum absolute atomic E-state index is 0.00167. The van der Waals surface area contributed by atoms with Crippen LogP contribution in [0.15, 0.2) is 60.7 Å². The first-order chi connectivity index (χ1) is 16.5. The lowest BCUT2D eigenvalue weighted by atomic mass is 9.99. The fraction of sp³-hybridized carbons (Fsp3) is 0.533. The standard InChI is InChI=1S/C30H43NO3Si/c1-29(2,3)35(6,7)33-22-14-19-26(21-20-24-15-10-8-11-16-24)31-27-23-32-30(4,5)34-28(27)25-17-12-9-13-18-25/h8-13,15-18,26-28,31H,14,19,22-23H2,1-7H3/t26-,27-,28-/m0/s1. The highest BCUT2D eigenvalue weighted by molar-refractivity contribution is 6.74. The van der Waals surface area contributed by atoms with E-state index in [1.54, 1.807) is 0 Å². The van der Waals surface area contributed by atoms with E-state index in [0.29, 0.717) is 6.61 Å². The second-order valence-electron chi connectivity index (χ2n) is 11.4. The molecule has 2 aromatic rings. The second kappa shape index (κ2) is 11.9. The van der Waals surface area contributed by atoms with Gasteiger partial charge in [0.05, 0.1) is 18.7 Å². The zero-order chi connectivity index (χ0) is 25.5. The first-order valence-corrected chi connectivity index (χ1v) is 15.7. The topological polar surface area (TPSA) is 39.7 Å². The Morgan fingerprint density at radius 3 is 2.31 bits per heavy atom. The average molecular weight is 494 g/mol. The smallest absolute Gasteiger partial charge is 0.191 e. The molecule has 1 aliphatic heterocycles. The molecule has 1 fully saturated rings. The highest BCUT2D eigenvalue weighted by Crippen LogP contribution is 2.37. The summed E-state index contributed by atoms with van der Waals surface area (Å²) in [5.41, 5.74) is 2.17. The van der Waals surface area contributed by atoms with E-state index in [4.69, 9.17) is 13.9 Å². The van der Waals surface area contributed by atoms with Crippen molar-refractivity contribution in [3.05, 3.63) is 71.8 Å². The van der Waals surface area contributed by atoms with E-state index in [2.05, 4.69) is 75.3 Å². The van der Waals surface area contributed by atoms with Crippen molar-refractivity contribution in [3.8, 4) is 11.8 Å². The van der Waals surface area contributed by atoms with E-state index in [-0.39, 0.29) is 23.2 Å². The van der Waals surface area contributed by atoms with Gasteiger partial charge in [-0.05, 0) is 62.5 Å². The molecule has 5 heteroatoms. The van der Waals surface area contributed by atoms with Gasteiger partial charge in [0.2, 0.25) is 0 Å². The van der Waals surface area contributed by atoms with Gasteiger partial charge in [-0.25, -0.2) is 0 Å². The van der Waals surface area contributed by atoms with Gasteiger partial charge in [0.1, 0.15) is 6.10 Å². The van der Waals surface area contributed by atoms with Gasteiger partial charge >= 0.3 is 0 Å². The zero-order valence-corrected chi connectivity index (χ0v) is 23.6. The maximum Gasteiger partial charge on any atom is 0.191 e. The molecule has 0 spiro atoms. The van der Waals surface area contributed by atoms with E-state index in [1.807, 2.05) is 50.2 Å². The van der Waals surface area contributed by atoms with Crippen LogP contribution in [0.4, 0.5) is 0 Å². The minimum Gasteiger partial charge on any atom is -0.417 e. The highest BCUT2D eigenvalue weighted by Gasteiger charge is 2.39. The van der Waals surface area contributed by atoms with E-state index < -0.39 is 14.1 Å². The fourth-order valence-corrected chi connectivity index (χ4v) is 4.94. The Hall–Kier alpha value is -1.94. The van der Waals surface area contributed by atoms with Crippen molar-refractivity contribution in [2.75, 3.05) is 13.2 Å². The Morgan fingerprint density at radius 2 is 1.69 bits per heavy atom. The lowest BCUT2D eigenvalue weighted by Crippen LogP contribution is -2.52. The predicted molar refractivity (Wildman–Crippen MR) is 147 cm³/mol. The van der Waals surface area contributed by atoms with Crippen LogP contribution in [-0.4, -0.2) is 39.4 Å². The molecule has 190 valence electrons. The number of benzene rings is 2. The number of hydrogen-bond donors (Lipinski definition) is 1. The summed E-state index contributed by atoms with van der Waals surface area (Å²) in [5, 5.41) is 3.99. The molecule has 2 aromatic carbocycles. The monoisotopic (exact) mass is 493 g/mol. The Balaban J connectivity index is 1.73. The van der Waals surface area contributed by atoms with Crippen LogP contribution in [0.25, 0.3) is 0 Å². The Labute approximate surface area is 213 Å². The van der Waals surface area contributed by atoms with Crippen molar-refractivity contribution in [3.63, 3.8) is 0 Å². The van der Waals surface area contributed by atoms with Crippen LogP contribution in [0.3, 0.4) is 0 Å². The molecule has 0 unspecified atom stereocenters. The molecule has 3 rings (SSSR count). The summed E-state index contributed by atoms with van der Waals surface area (Å²) >= 11 is 0. The summed E-state index contributed by atoms with van der Waals surface area (Å²) in [6.45, 7) is 16.7. The van der Waals surface area contributed by atoms with Gasteiger partial charge in [-0.15, -0.1) is 0 Å². The van der Waals surface area contributed by atoms with Gasteiger partial charge in [-0.1, -0.05) is 81.1 Å². The van der Waals surface area contributed by atoms with E-state index in [1.165, 1.54) is 0 Å². The Morgan fingerprint density at radius 1 is 1.06 bits per heavy atom. The molecule has 1 heterocycles. The molecular formula is C30H43NO3Si. The van der Waals surface area contributed by atoms with E-state index in [0.717, 1.165) is 30.6 Å². The minimum atomic E-state index is -1.76. The SMILES string of the molecule is CC1(C)OC[C@H](N[C@H](C#Cc2ccccc2)CCCO[Si](C)(C)C(C)(C)C)[C@H](c2ccccc2)O1. The van der Waals surface area contributed by atoms with Crippen LogP contribution < -0.4 is 5.32 Å². The summed E-state index contributed by atoms with van der Waals surface area (Å²) in [6.07, 6.45) is 1.74. The lowest BCUT2D eigenvalue weighted by Gasteiger charge is -2.42. The van der Waals surface area contributed by atoms with Crippen LogP contribution in [0.1, 0.15) is 64.7 Å². The first-order valence-electron chi connectivity index (χ1n) is 12.8. The van der Waals surface area contributed by atoms with E-state index >= 15 is 0 Å². The maximum atomic E-state index is 6.43. The van der Waals surface area contributed by atoms with Gasteiger partial charge < -0.3 is 13.9 Å². The quantitative estimate of drug-likeness (QED) is 0.253. The Kier molecular flexibility index (Phi) is 9.37. The molecule has 0 aromatic heterocycles. The van der Waals surface area contributed by atoms with Gasteiger partial charge in [0.15, 0.2) is 14.1 Å². The largest absolute Gasteiger partial charge is 0.417 e. The summed E-state index contributed by atoms with van der Waals surface area (Å²) < 4.78 is 18.9. The molecule has 1 aliphatic rings. The van der Waals surface area contributed by atoms with Gasteiger partial charge in [-0.2, -0.15) is 0 Å². The van der Waals surface area contributed by atoms with Gasteiger partial charge in [-0.3, -0.25) is 5.32 Å². The number of nitrogens with one attached hydrogen (secondary N) is 1. The molecule has 4 nitrogen and oxygen atoms in total.